The van der Waals surface area contributed by atoms with Crippen molar-refractivity contribution in [3.05, 3.63) is 48.6 Å². The first-order chi connectivity index (χ1) is 29.4. The quantitative estimate of drug-likeness (QED) is 0.0177. The second-order valence-corrected chi connectivity index (χ2v) is 17.5. The molecule has 13 nitrogen and oxygen atoms in total. The van der Waals surface area contributed by atoms with Crippen molar-refractivity contribution in [3.8, 4) is 0 Å². The summed E-state index contributed by atoms with van der Waals surface area (Å²) in [7, 11) is -5.13. The molecule has 0 aliphatic carbocycles. The van der Waals surface area contributed by atoms with E-state index >= 15 is 0 Å². The SMILES string of the molecule is CCCCCCCC/C=C\CCCCCCCCC(O)C(=O)NC(COC1OC(CO)C(O)C(OS(=O)(=O)O)C1O)C(O)/C=C/CC/C=C/CC/C=C/CCCCCCCC. The monoisotopic (exact) mass is 888 g/mol. The Labute approximate surface area is 369 Å². The third-order valence-corrected chi connectivity index (χ3v) is 11.4. The average Bonchev–Trinajstić information content (AvgIpc) is 3.23. The van der Waals surface area contributed by atoms with Crippen LogP contribution in [0.3, 0.4) is 0 Å². The molecule has 1 amide bonds. The van der Waals surface area contributed by atoms with Gasteiger partial charge in [0.15, 0.2) is 6.29 Å². The topological polar surface area (TPSA) is 212 Å². The number of hydrogen-bond acceptors (Lipinski definition) is 11. The normalized spacial score (nSPS) is 21.6. The average molecular weight is 888 g/mol. The summed E-state index contributed by atoms with van der Waals surface area (Å²) in [6.07, 6.45) is 33.3. The van der Waals surface area contributed by atoms with Gasteiger partial charge in [0.25, 0.3) is 0 Å². The lowest BCUT2D eigenvalue weighted by atomic mass is 9.99. The Kier molecular flexibility index (Phi) is 35.0. The molecule has 8 atom stereocenters. The highest BCUT2D eigenvalue weighted by atomic mass is 32.3. The number of hydrogen-bond donors (Lipinski definition) is 7. The third-order valence-electron chi connectivity index (χ3n) is 10.9. The van der Waals surface area contributed by atoms with Gasteiger partial charge in [-0.3, -0.25) is 9.35 Å². The molecule has 1 aliphatic heterocycles. The summed E-state index contributed by atoms with van der Waals surface area (Å²) in [5, 5.41) is 55.2. The Bertz CT molecular complexity index is 1290. The first kappa shape index (κ1) is 57.0. The van der Waals surface area contributed by atoms with E-state index in [0.717, 1.165) is 70.6 Å². The van der Waals surface area contributed by atoms with Gasteiger partial charge in [0.05, 0.1) is 25.4 Å². The van der Waals surface area contributed by atoms with Gasteiger partial charge in [-0.2, -0.15) is 8.42 Å². The highest BCUT2D eigenvalue weighted by molar-refractivity contribution is 7.80. The van der Waals surface area contributed by atoms with Gasteiger partial charge >= 0.3 is 10.4 Å². The second kappa shape index (κ2) is 37.4. The van der Waals surface area contributed by atoms with Crippen LogP contribution in [0.2, 0.25) is 0 Å². The van der Waals surface area contributed by atoms with Crippen LogP contribution in [0.25, 0.3) is 0 Å². The van der Waals surface area contributed by atoms with Gasteiger partial charge < -0.3 is 40.3 Å². The lowest BCUT2D eigenvalue weighted by molar-refractivity contribution is -0.298. The molecule has 0 aromatic rings. The van der Waals surface area contributed by atoms with Crippen LogP contribution in [-0.2, 0) is 28.9 Å². The van der Waals surface area contributed by atoms with Gasteiger partial charge in [-0.15, -0.1) is 0 Å². The number of unbranched alkanes of at least 4 members (excludes halogenated alkanes) is 20. The van der Waals surface area contributed by atoms with Crippen molar-refractivity contribution < 1.29 is 57.0 Å². The van der Waals surface area contributed by atoms with Crippen LogP contribution >= 0.6 is 0 Å². The largest absolute Gasteiger partial charge is 0.397 e. The minimum absolute atomic E-state index is 0.225. The predicted molar refractivity (Wildman–Crippen MR) is 242 cm³/mol. The number of amides is 1. The van der Waals surface area contributed by atoms with E-state index in [1.54, 1.807) is 6.08 Å². The molecule has 0 bridgehead atoms. The molecule has 1 rings (SSSR count). The minimum atomic E-state index is -5.13. The minimum Gasteiger partial charge on any atom is -0.394 e. The molecule has 8 unspecified atom stereocenters. The Morgan fingerprint density at radius 1 is 0.656 bits per heavy atom. The number of carbonyl (C=O) groups excluding carboxylic acids is 1. The van der Waals surface area contributed by atoms with Crippen LogP contribution in [0.1, 0.15) is 181 Å². The second-order valence-electron chi connectivity index (χ2n) is 16.5. The molecular weight excluding hydrogens is 803 g/mol. The molecule has 61 heavy (non-hydrogen) atoms. The lowest BCUT2D eigenvalue weighted by Gasteiger charge is -2.41. The van der Waals surface area contributed by atoms with Crippen LogP contribution in [0.15, 0.2) is 48.6 Å². The van der Waals surface area contributed by atoms with Crippen LogP contribution in [0.5, 0.6) is 0 Å². The zero-order valence-electron chi connectivity index (χ0n) is 37.6. The summed E-state index contributed by atoms with van der Waals surface area (Å²) in [6, 6.07) is -1.15. The van der Waals surface area contributed by atoms with E-state index in [4.69, 9.17) is 9.47 Å². The Balaban J connectivity index is 2.63. The van der Waals surface area contributed by atoms with Gasteiger partial charge in [-0.25, -0.2) is 4.18 Å². The number of allylic oxidation sites excluding steroid dienone is 7. The zero-order chi connectivity index (χ0) is 45.0. The van der Waals surface area contributed by atoms with Crippen molar-refractivity contribution in [1.82, 2.24) is 5.32 Å². The maximum absolute atomic E-state index is 13.1. The van der Waals surface area contributed by atoms with Crippen LogP contribution in [-0.4, -0.2) is 107 Å². The fourth-order valence-electron chi connectivity index (χ4n) is 7.13. The Hall–Kier alpha value is -1.98. The molecule has 0 radical (unpaired) electrons. The maximum Gasteiger partial charge on any atom is 0.397 e. The molecule has 0 aromatic carbocycles. The number of aliphatic hydroxyl groups excluding tert-OH is 5. The van der Waals surface area contributed by atoms with Crippen molar-refractivity contribution in [2.75, 3.05) is 13.2 Å². The first-order valence-corrected chi connectivity index (χ1v) is 25.0. The van der Waals surface area contributed by atoms with Crippen molar-refractivity contribution in [2.24, 2.45) is 0 Å². The van der Waals surface area contributed by atoms with Crippen molar-refractivity contribution in [3.63, 3.8) is 0 Å². The Morgan fingerprint density at radius 2 is 1.10 bits per heavy atom. The third kappa shape index (κ3) is 29.9. The molecule has 7 N–H and O–H groups in total. The van der Waals surface area contributed by atoms with Crippen LogP contribution in [0.4, 0.5) is 0 Å². The number of carbonyl (C=O) groups is 1. The highest BCUT2D eigenvalue weighted by Gasteiger charge is 2.48. The molecular formula is C47H85NO12S. The van der Waals surface area contributed by atoms with Gasteiger partial charge in [0, 0.05) is 0 Å². The number of aliphatic hydroxyl groups is 5. The highest BCUT2D eigenvalue weighted by Crippen LogP contribution is 2.26. The van der Waals surface area contributed by atoms with Crippen molar-refractivity contribution >= 4 is 16.3 Å². The van der Waals surface area contributed by atoms with E-state index in [-0.39, 0.29) is 6.42 Å². The van der Waals surface area contributed by atoms with Crippen LogP contribution < -0.4 is 5.32 Å². The van der Waals surface area contributed by atoms with E-state index in [2.05, 4.69) is 59.8 Å². The molecule has 1 heterocycles. The van der Waals surface area contributed by atoms with E-state index in [1.165, 1.54) is 83.1 Å². The Morgan fingerprint density at radius 3 is 1.57 bits per heavy atom. The van der Waals surface area contributed by atoms with Gasteiger partial charge in [0.2, 0.25) is 5.91 Å². The molecule has 0 spiro atoms. The molecule has 1 aliphatic rings. The lowest BCUT2D eigenvalue weighted by Crippen LogP contribution is -2.61. The molecule has 1 saturated heterocycles. The van der Waals surface area contributed by atoms with Gasteiger partial charge in [-0.1, -0.05) is 159 Å². The summed E-state index contributed by atoms with van der Waals surface area (Å²) < 4.78 is 47.5. The van der Waals surface area contributed by atoms with Crippen molar-refractivity contribution in [2.45, 2.75) is 230 Å². The molecule has 0 saturated carbocycles. The summed E-state index contributed by atoms with van der Waals surface area (Å²) >= 11 is 0. The summed E-state index contributed by atoms with van der Waals surface area (Å²) in [4.78, 5) is 13.1. The number of rotatable bonds is 39. The maximum atomic E-state index is 13.1. The van der Waals surface area contributed by atoms with E-state index in [0.29, 0.717) is 12.8 Å². The molecule has 14 heteroatoms. The number of ether oxygens (including phenoxy) is 2. The van der Waals surface area contributed by atoms with E-state index < -0.39 is 78.5 Å². The smallest absolute Gasteiger partial charge is 0.394 e. The van der Waals surface area contributed by atoms with E-state index in [1.807, 2.05) is 0 Å². The zero-order valence-corrected chi connectivity index (χ0v) is 38.4. The van der Waals surface area contributed by atoms with Gasteiger partial charge in [0.1, 0.15) is 30.5 Å². The fourth-order valence-corrected chi connectivity index (χ4v) is 7.64. The molecule has 356 valence electrons. The first-order valence-electron chi connectivity index (χ1n) is 23.6. The summed E-state index contributed by atoms with van der Waals surface area (Å²) in [5.41, 5.74) is 0. The standard InChI is InChI=1S/C47H85NO12S/c1-3-5-7-9-11-13-15-17-19-21-23-25-27-29-31-33-35-40(50)39(38-58-47-44(53)45(60-61(55,56)57)43(52)42(37-49)59-47)48-46(54)41(51)36-34-32-30-28-26-24-22-20-18-16-14-12-10-8-6-4-2/h17-20,25,27,33,35,39-45,47,49-53H,3-16,21-24,26,28-32,34,36-38H2,1-2H3,(H,48,54)(H,55,56,57)/b19-17+,20-18-,27-25+,35-33+. The van der Waals surface area contributed by atoms with Crippen LogP contribution in [0, 0.1) is 0 Å². The van der Waals surface area contributed by atoms with Crippen molar-refractivity contribution in [1.29, 1.82) is 0 Å². The number of nitrogens with one attached hydrogen (secondary N) is 1. The summed E-state index contributed by atoms with van der Waals surface area (Å²) in [6.45, 7) is 3.17. The molecule has 0 aromatic heterocycles. The van der Waals surface area contributed by atoms with E-state index in [9.17, 15) is 43.3 Å². The molecule has 1 fully saturated rings. The predicted octanol–water partition coefficient (Wildman–Crippen LogP) is 8.24. The fraction of sp³-hybridized carbons (Fsp3) is 0.809. The summed E-state index contributed by atoms with van der Waals surface area (Å²) in [5.74, 6) is -0.723. The van der Waals surface area contributed by atoms with Gasteiger partial charge in [-0.05, 0) is 70.6 Å².